The first-order valence-electron chi connectivity index (χ1n) is 14.0. The standard InChI is InChI=1S/C34H35NO6/c1-4-40-30-20-24(12-15-28(30)36)32-31(34(38)41-17-16-22-8-6-5-7-9-22)21(2)35-27-18-25(19-29(37)33(27)32)23-10-13-26(39-3)14-11-23/h5-15,20,25,32-33,36H,4,16-19H2,1-3H3/t25-,32+,33?/m0/s1. The Morgan fingerprint density at radius 1 is 0.976 bits per heavy atom. The Balaban J connectivity index is 1.49. The summed E-state index contributed by atoms with van der Waals surface area (Å²) >= 11 is 0. The van der Waals surface area contributed by atoms with E-state index >= 15 is 0 Å². The van der Waals surface area contributed by atoms with E-state index in [1.54, 1.807) is 32.2 Å². The number of aromatic hydroxyl groups is 1. The van der Waals surface area contributed by atoms with Gasteiger partial charge in [0.05, 0.1) is 31.8 Å². The van der Waals surface area contributed by atoms with E-state index in [2.05, 4.69) is 0 Å². The lowest BCUT2D eigenvalue weighted by Crippen LogP contribution is -2.41. The van der Waals surface area contributed by atoms with Crippen molar-refractivity contribution in [1.82, 2.24) is 0 Å². The Morgan fingerprint density at radius 2 is 1.71 bits per heavy atom. The van der Waals surface area contributed by atoms with Crippen LogP contribution in [-0.2, 0) is 20.7 Å². The molecule has 3 atom stereocenters. The average Bonchev–Trinajstić information content (AvgIpc) is 2.98. The predicted octanol–water partition coefficient (Wildman–Crippen LogP) is 6.16. The minimum absolute atomic E-state index is 0.00234. The Hall–Kier alpha value is -4.39. The molecule has 3 aromatic carbocycles. The summed E-state index contributed by atoms with van der Waals surface area (Å²) in [5, 5.41) is 10.4. The zero-order valence-electron chi connectivity index (χ0n) is 23.6. The lowest BCUT2D eigenvalue weighted by molar-refractivity contribution is -0.139. The summed E-state index contributed by atoms with van der Waals surface area (Å²) in [5.41, 5.74) is 4.49. The number of carbonyl (C=O) groups is 2. The van der Waals surface area contributed by atoms with Crippen molar-refractivity contribution >= 4 is 17.5 Å². The number of hydrogen-bond donors (Lipinski definition) is 1. The van der Waals surface area contributed by atoms with Crippen LogP contribution in [0.1, 0.15) is 55.2 Å². The topological polar surface area (TPSA) is 94.4 Å². The highest BCUT2D eigenvalue weighted by molar-refractivity contribution is 6.12. The van der Waals surface area contributed by atoms with E-state index in [4.69, 9.17) is 19.2 Å². The summed E-state index contributed by atoms with van der Waals surface area (Å²) in [5.74, 6) is -0.619. The third kappa shape index (κ3) is 6.04. The number of ether oxygens (including phenoxy) is 3. The molecule has 0 bridgehead atoms. The number of methoxy groups -OCH3 is 1. The van der Waals surface area contributed by atoms with Crippen LogP contribution >= 0.6 is 0 Å². The minimum Gasteiger partial charge on any atom is -0.504 e. The quantitative estimate of drug-likeness (QED) is 0.319. The number of nitrogens with zero attached hydrogens (tertiary/aromatic N) is 1. The molecule has 5 rings (SSSR count). The van der Waals surface area contributed by atoms with Gasteiger partial charge in [-0.3, -0.25) is 9.79 Å². The summed E-state index contributed by atoms with van der Waals surface area (Å²) in [4.78, 5) is 32.4. The van der Waals surface area contributed by atoms with Gasteiger partial charge >= 0.3 is 5.97 Å². The fraction of sp³-hybridized carbons (Fsp3) is 0.324. The molecule has 0 saturated heterocycles. The number of ketones is 1. The maximum Gasteiger partial charge on any atom is 0.336 e. The van der Waals surface area contributed by atoms with Crippen LogP contribution in [0.25, 0.3) is 0 Å². The molecule has 7 nitrogen and oxygen atoms in total. The van der Waals surface area contributed by atoms with Gasteiger partial charge in [0, 0.05) is 30.2 Å². The highest BCUT2D eigenvalue weighted by Crippen LogP contribution is 2.47. The Morgan fingerprint density at radius 3 is 2.41 bits per heavy atom. The van der Waals surface area contributed by atoms with E-state index in [0.717, 1.165) is 22.6 Å². The number of esters is 1. The van der Waals surface area contributed by atoms with Crippen LogP contribution in [0.15, 0.2) is 89.1 Å². The van der Waals surface area contributed by atoms with Gasteiger partial charge in [-0.1, -0.05) is 48.5 Å². The number of carbonyl (C=O) groups excluding carboxylic acids is 2. The zero-order valence-corrected chi connectivity index (χ0v) is 23.6. The third-order valence-electron chi connectivity index (χ3n) is 7.87. The molecule has 1 fully saturated rings. The Kier molecular flexibility index (Phi) is 8.53. The number of phenols is 1. The minimum atomic E-state index is -0.608. The number of allylic oxidation sites excluding steroid dienone is 1. The molecule has 1 aliphatic heterocycles. The fourth-order valence-corrected chi connectivity index (χ4v) is 5.89. The highest BCUT2D eigenvalue weighted by Gasteiger charge is 2.46. The van der Waals surface area contributed by atoms with E-state index < -0.39 is 17.8 Å². The monoisotopic (exact) mass is 553 g/mol. The van der Waals surface area contributed by atoms with Crippen LogP contribution in [-0.4, -0.2) is 42.9 Å². The molecular weight excluding hydrogens is 518 g/mol. The molecular formula is C34H35NO6. The summed E-state index contributed by atoms with van der Waals surface area (Å²) in [6.45, 7) is 4.21. The number of phenolic OH excluding ortho intramolecular Hbond substituents is 1. The van der Waals surface area contributed by atoms with Crippen molar-refractivity contribution in [1.29, 1.82) is 0 Å². The molecule has 0 spiro atoms. The molecule has 7 heteroatoms. The van der Waals surface area contributed by atoms with Crippen molar-refractivity contribution in [2.24, 2.45) is 10.9 Å². The summed E-state index contributed by atoms with van der Waals surface area (Å²) in [6.07, 6.45) is 1.51. The van der Waals surface area contributed by atoms with E-state index in [1.165, 1.54) is 0 Å². The van der Waals surface area contributed by atoms with Crippen LogP contribution in [0.2, 0.25) is 0 Å². The highest BCUT2D eigenvalue weighted by atomic mass is 16.5. The van der Waals surface area contributed by atoms with Gasteiger partial charge in [-0.25, -0.2) is 4.79 Å². The van der Waals surface area contributed by atoms with Crippen molar-refractivity contribution < 1.29 is 28.9 Å². The molecule has 1 aliphatic carbocycles. The van der Waals surface area contributed by atoms with Gasteiger partial charge < -0.3 is 19.3 Å². The van der Waals surface area contributed by atoms with Crippen molar-refractivity contribution in [3.8, 4) is 17.2 Å². The second-order valence-electron chi connectivity index (χ2n) is 10.4. The van der Waals surface area contributed by atoms with Gasteiger partial charge in [0.25, 0.3) is 0 Å². The van der Waals surface area contributed by atoms with Crippen LogP contribution < -0.4 is 9.47 Å². The van der Waals surface area contributed by atoms with E-state index in [-0.39, 0.29) is 24.1 Å². The molecule has 1 N–H and O–H groups in total. The first kappa shape index (κ1) is 28.1. The number of rotatable bonds is 9. The van der Waals surface area contributed by atoms with Gasteiger partial charge in [0.1, 0.15) is 11.5 Å². The predicted molar refractivity (Wildman–Crippen MR) is 157 cm³/mol. The lowest BCUT2D eigenvalue weighted by Gasteiger charge is -2.38. The lowest BCUT2D eigenvalue weighted by atomic mass is 9.66. The number of fused-ring (bicyclic) bond motifs is 1. The maximum atomic E-state index is 13.9. The SMILES string of the molecule is CCOc1cc([C@@H]2C(C(=O)OCCc3ccccc3)=C(C)N=C3C[C@H](c4ccc(OC)cc4)CC(=O)C32)ccc1O. The van der Waals surface area contributed by atoms with E-state index in [9.17, 15) is 14.7 Å². The average molecular weight is 554 g/mol. The number of hydrogen-bond acceptors (Lipinski definition) is 7. The smallest absolute Gasteiger partial charge is 0.336 e. The molecule has 212 valence electrons. The molecule has 1 saturated carbocycles. The first-order valence-corrected chi connectivity index (χ1v) is 14.0. The zero-order chi connectivity index (χ0) is 28.9. The van der Waals surface area contributed by atoms with Crippen molar-refractivity contribution in [3.05, 3.63) is 101 Å². The molecule has 0 radical (unpaired) electrons. The summed E-state index contributed by atoms with van der Waals surface area (Å²) in [7, 11) is 1.63. The van der Waals surface area contributed by atoms with Crippen LogP contribution in [0.4, 0.5) is 0 Å². The molecule has 0 aromatic heterocycles. The molecule has 2 aliphatic rings. The molecule has 0 amide bonds. The molecule has 3 aromatic rings. The number of aliphatic imine (C=N–C) groups is 1. The maximum absolute atomic E-state index is 13.9. The fourth-order valence-electron chi connectivity index (χ4n) is 5.89. The van der Waals surface area contributed by atoms with Crippen LogP contribution in [0.5, 0.6) is 17.2 Å². The molecule has 41 heavy (non-hydrogen) atoms. The third-order valence-corrected chi connectivity index (χ3v) is 7.87. The molecule has 1 unspecified atom stereocenters. The van der Waals surface area contributed by atoms with Gasteiger partial charge in [0.2, 0.25) is 0 Å². The second kappa shape index (κ2) is 12.4. The van der Waals surface area contributed by atoms with E-state index in [1.807, 2.05) is 61.5 Å². The van der Waals surface area contributed by atoms with Crippen molar-refractivity contribution in [3.63, 3.8) is 0 Å². The Bertz CT molecular complexity index is 1470. The van der Waals surface area contributed by atoms with Crippen molar-refractivity contribution in [2.75, 3.05) is 20.3 Å². The first-order chi connectivity index (χ1) is 19.9. The van der Waals surface area contributed by atoms with Gasteiger partial charge in [-0.15, -0.1) is 0 Å². The van der Waals surface area contributed by atoms with E-state index in [0.29, 0.717) is 48.5 Å². The summed E-state index contributed by atoms with van der Waals surface area (Å²) in [6, 6.07) is 22.6. The normalized spacial score (nSPS) is 20.2. The van der Waals surface area contributed by atoms with Gasteiger partial charge in [-0.05, 0) is 67.1 Å². The van der Waals surface area contributed by atoms with Crippen molar-refractivity contribution in [2.45, 2.75) is 44.9 Å². The largest absolute Gasteiger partial charge is 0.504 e. The van der Waals surface area contributed by atoms with Crippen LogP contribution in [0, 0.1) is 5.92 Å². The number of benzene rings is 3. The molecule has 1 heterocycles. The Labute approximate surface area is 240 Å². The van der Waals surface area contributed by atoms with Gasteiger partial charge in [-0.2, -0.15) is 0 Å². The van der Waals surface area contributed by atoms with Crippen LogP contribution in [0.3, 0.4) is 0 Å². The second-order valence-corrected chi connectivity index (χ2v) is 10.4. The summed E-state index contributed by atoms with van der Waals surface area (Å²) < 4.78 is 16.7. The van der Waals surface area contributed by atoms with Gasteiger partial charge in [0.15, 0.2) is 11.5 Å². The number of Topliss-reactive ketones (excluding diaryl/α,β-unsaturated/α-hetero) is 1.